The van der Waals surface area contributed by atoms with Gasteiger partial charge in [-0.25, -0.2) is 0 Å². The van der Waals surface area contributed by atoms with E-state index < -0.39 is 0 Å². The molecule has 1 aromatic rings. The average molecular weight is 249 g/mol. The second kappa shape index (κ2) is 4.75. The first kappa shape index (κ1) is 12.5. The van der Waals surface area contributed by atoms with Crippen LogP contribution in [0.5, 0.6) is 0 Å². The van der Waals surface area contributed by atoms with E-state index in [1.54, 1.807) is 0 Å². The van der Waals surface area contributed by atoms with Crippen LogP contribution in [0.1, 0.15) is 41.4 Å². The van der Waals surface area contributed by atoms with Crippen molar-refractivity contribution in [1.82, 2.24) is 4.90 Å². The molecule has 17 heavy (non-hydrogen) atoms. The van der Waals surface area contributed by atoms with Gasteiger partial charge in [0.05, 0.1) is 4.88 Å². The monoisotopic (exact) mass is 249 g/mol. The molecule has 0 amide bonds. The molecule has 92 valence electrons. The molecule has 0 radical (unpaired) electrons. The lowest BCUT2D eigenvalue weighted by atomic mass is 9.81. The van der Waals surface area contributed by atoms with Crippen LogP contribution in [0.2, 0.25) is 0 Å². The molecule has 0 saturated heterocycles. The molecule has 2 nitrogen and oxygen atoms in total. The topological polar surface area (TPSA) is 20.3 Å². The van der Waals surface area contributed by atoms with Crippen LogP contribution in [0.15, 0.2) is 17.5 Å². The van der Waals surface area contributed by atoms with Crippen molar-refractivity contribution >= 4 is 23.2 Å². The molecule has 0 spiro atoms. The fraction of sp³-hybridized carbons (Fsp3) is 0.500. The zero-order chi connectivity index (χ0) is 12.5. The molecular formula is C14H19NOS. The number of thiophene rings is 1. The molecule has 2 rings (SSSR count). The Morgan fingerprint density at radius 2 is 2.24 bits per heavy atom. The van der Waals surface area contributed by atoms with Gasteiger partial charge in [-0.15, -0.1) is 11.3 Å². The van der Waals surface area contributed by atoms with Crippen molar-refractivity contribution in [2.45, 2.75) is 31.7 Å². The maximum atomic E-state index is 10.9. The lowest BCUT2D eigenvalue weighted by molar-refractivity contribution is 0.112. The third kappa shape index (κ3) is 2.35. The van der Waals surface area contributed by atoms with Crippen molar-refractivity contribution in [3.63, 3.8) is 0 Å². The summed E-state index contributed by atoms with van der Waals surface area (Å²) in [5.41, 5.74) is 2.75. The lowest BCUT2D eigenvalue weighted by Gasteiger charge is -2.39. The van der Waals surface area contributed by atoms with E-state index >= 15 is 0 Å². The van der Waals surface area contributed by atoms with Crippen LogP contribution in [-0.4, -0.2) is 30.8 Å². The van der Waals surface area contributed by atoms with Crippen molar-refractivity contribution in [3.8, 4) is 0 Å². The largest absolute Gasteiger partial charge is 0.304 e. The summed E-state index contributed by atoms with van der Waals surface area (Å²) in [5.74, 6) is 0. The SMILES string of the molecule is CN(C)C1(C)CC=C(c2ccsc2C=O)CC1. The Kier molecular flexibility index (Phi) is 3.50. The highest BCUT2D eigenvalue weighted by atomic mass is 32.1. The quantitative estimate of drug-likeness (QED) is 0.765. The molecule has 1 aromatic heterocycles. The molecule has 0 saturated carbocycles. The number of carbonyl (C=O) groups excluding carboxylic acids is 1. The van der Waals surface area contributed by atoms with Gasteiger partial charge in [-0.1, -0.05) is 6.08 Å². The number of allylic oxidation sites excluding steroid dienone is 1. The Labute approximate surface area is 107 Å². The zero-order valence-corrected chi connectivity index (χ0v) is 11.5. The van der Waals surface area contributed by atoms with Gasteiger partial charge in [0.2, 0.25) is 0 Å². The highest BCUT2D eigenvalue weighted by Gasteiger charge is 2.29. The van der Waals surface area contributed by atoms with E-state index in [1.165, 1.54) is 16.9 Å². The second-order valence-electron chi connectivity index (χ2n) is 5.14. The number of rotatable bonds is 3. The maximum Gasteiger partial charge on any atom is 0.160 e. The number of nitrogens with zero attached hydrogens (tertiary/aromatic N) is 1. The number of carbonyl (C=O) groups is 1. The van der Waals surface area contributed by atoms with Crippen LogP contribution in [0.4, 0.5) is 0 Å². The van der Waals surface area contributed by atoms with Gasteiger partial charge in [0.1, 0.15) is 0 Å². The van der Waals surface area contributed by atoms with Gasteiger partial charge >= 0.3 is 0 Å². The molecule has 3 heteroatoms. The Morgan fingerprint density at radius 3 is 2.76 bits per heavy atom. The number of hydrogen-bond donors (Lipinski definition) is 0. The Morgan fingerprint density at radius 1 is 1.47 bits per heavy atom. The van der Waals surface area contributed by atoms with E-state index in [1.807, 2.05) is 5.38 Å². The highest BCUT2D eigenvalue weighted by molar-refractivity contribution is 7.12. The summed E-state index contributed by atoms with van der Waals surface area (Å²) in [6, 6.07) is 2.07. The van der Waals surface area contributed by atoms with Gasteiger partial charge in [0, 0.05) is 5.54 Å². The fourth-order valence-electron chi connectivity index (χ4n) is 2.28. The molecule has 1 aliphatic carbocycles. The van der Waals surface area contributed by atoms with Crippen molar-refractivity contribution in [2.75, 3.05) is 14.1 Å². The second-order valence-corrected chi connectivity index (χ2v) is 6.09. The van der Waals surface area contributed by atoms with Crippen molar-refractivity contribution in [3.05, 3.63) is 28.0 Å². The van der Waals surface area contributed by atoms with Gasteiger partial charge < -0.3 is 4.90 Å². The van der Waals surface area contributed by atoms with E-state index in [-0.39, 0.29) is 5.54 Å². The minimum Gasteiger partial charge on any atom is -0.304 e. The molecule has 0 fully saturated rings. The minimum atomic E-state index is 0.265. The molecule has 0 aromatic carbocycles. The first-order chi connectivity index (χ1) is 8.07. The lowest BCUT2D eigenvalue weighted by Crippen LogP contribution is -2.42. The van der Waals surface area contributed by atoms with E-state index in [2.05, 4.69) is 38.1 Å². The number of aldehydes is 1. The molecular weight excluding hydrogens is 230 g/mol. The standard InChI is InChI=1S/C14H19NOS/c1-14(15(2)3)7-4-11(5-8-14)12-6-9-17-13(12)10-16/h4,6,9-10H,5,7-8H2,1-3H3. The van der Waals surface area contributed by atoms with Crippen LogP contribution in [0.25, 0.3) is 5.57 Å². The van der Waals surface area contributed by atoms with E-state index in [0.717, 1.165) is 36.0 Å². The summed E-state index contributed by atoms with van der Waals surface area (Å²) in [6.07, 6.45) is 6.55. The van der Waals surface area contributed by atoms with Crippen molar-refractivity contribution in [2.24, 2.45) is 0 Å². The van der Waals surface area contributed by atoms with Gasteiger partial charge in [0.25, 0.3) is 0 Å². The molecule has 1 heterocycles. The first-order valence-corrected chi connectivity index (χ1v) is 6.84. The summed E-state index contributed by atoms with van der Waals surface area (Å²) >= 11 is 1.53. The smallest absolute Gasteiger partial charge is 0.160 e. The predicted molar refractivity (Wildman–Crippen MR) is 73.6 cm³/mol. The minimum absolute atomic E-state index is 0.265. The summed E-state index contributed by atoms with van der Waals surface area (Å²) in [4.78, 5) is 14.1. The maximum absolute atomic E-state index is 10.9. The first-order valence-electron chi connectivity index (χ1n) is 5.96. The Bertz CT molecular complexity index is 447. The Balaban J connectivity index is 2.22. The third-order valence-corrected chi connectivity index (χ3v) is 4.79. The normalized spacial score (nSPS) is 24.8. The van der Waals surface area contributed by atoms with Gasteiger partial charge in [-0.3, -0.25) is 4.79 Å². The van der Waals surface area contributed by atoms with Crippen LogP contribution >= 0.6 is 11.3 Å². The van der Waals surface area contributed by atoms with Crippen LogP contribution in [-0.2, 0) is 0 Å². The summed E-state index contributed by atoms with van der Waals surface area (Å²) in [5, 5.41) is 2.00. The molecule has 0 N–H and O–H groups in total. The van der Waals surface area contributed by atoms with Crippen LogP contribution in [0.3, 0.4) is 0 Å². The zero-order valence-electron chi connectivity index (χ0n) is 10.7. The third-order valence-electron chi connectivity index (χ3n) is 3.95. The van der Waals surface area contributed by atoms with Gasteiger partial charge in [-0.2, -0.15) is 0 Å². The fourth-order valence-corrected chi connectivity index (χ4v) is 3.01. The molecule has 0 aliphatic heterocycles. The molecule has 1 unspecified atom stereocenters. The average Bonchev–Trinajstić information content (AvgIpc) is 2.78. The molecule has 1 atom stereocenters. The molecule has 0 bridgehead atoms. The van der Waals surface area contributed by atoms with Gasteiger partial charge in [0.15, 0.2) is 6.29 Å². The van der Waals surface area contributed by atoms with E-state index in [0.29, 0.717) is 0 Å². The summed E-state index contributed by atoms with van der Waals surface area (Å²) < 4.78 is 0. The predicted octanol–water partition coefficient (Wildman–Crippen LogP) is 3.45. The number of hydrogen-bond acceptors (Lipinski definition) is 3. The molecule has 1 aliphatic rings. The van der Waals surface area contributed by atoms with Crippen molar-refractivity contribution < 1.29 is 4.79 Å². The van der Waals surface area contributed by atoms with E-state index in [9.17, 15) is 4.79 Å². The van der Waals surface area contributed by atoms with Crippen LogP contribution < -0.4 is 0 Å². The van der Waals surface area contributed by atoms with Crippen molar-refractivity contribution in [1.29, 1.82) is 0 Å². The van der Waals surface area contributed by atoms with Crippen LogP contribution in [0, 0.1) is 0 Å². The Hall–Kier alpha value is -0.930. The summed E-state index contributed by atoms with van der Waals surface area (Å²) in [7, 11) is 4.28. The van der Waals surface area contributed by atoms with E-state index in [4.69, 9.17) is 0 Å². The highest BCUT2D eigenvalue weighted by Crippen LogP contribution is 2.37. The van der Waals surface area contributed by atoms with Gasteiger partial charge in [-0.05, 0) is 62.9 Å². The summed E-state index contributed by atoms with van der Waals surface area (Å²) in [6.45, 7) is 2.30.